The number of thioether (sulfide) groups is 1. The Morgan fingerprint density at radius 1 is 1.50 bits per heavy atom. The molecule has 2 atom stereocenters. The van der Waals surface area contributed by atoms with Crippen molar-refractivity contribution in [3.63, 3.8) is 0 Å². The van der Waals surface area contributed by atoms with Gasteiger partial charge in [-0.15, -0.1) is 0 Å². The van der Waals surface area contributed by atoms with E-state index < -0.39 is 0 Å². The van der Waals surface area contributed by atoms with Gasteiger partial charge < -0.3 is 11.1 Å². The minimum absolute atomic E-state index is 0.0904. The molecule has 3 N–H and O–H groups in total. The second-order valence-electron chi connectivity index (χ2n) is 3.62. The van der Waals surface area contributed by atoms with E-state index in [1.165, 1.54) is 0 Å². The van der Waals surface area contributed by atoms with Gasteiger partial charge in [-0.25, -0.2) is 0 Å². The van der Waals surface area contributed by atoms with E-state index in [-0.39, 0.29) is 11.8 Å². The number of amides is 1. The lowest BCUT2D eigenvalue weighted by molar-refractivity contribution is -0.124. The van der Waals surface area contributed by atoms with E-state index in [2.05, 4.69) is 18.5 Å². The van der Waals surface area contributed by atoms with Gasteiger partial charge in [-0.2, -0.15) is 11.8 Å². The van der Waals surface area contributed by atoms with Gasteiger partial charge in [0.05, 0.1) is 0 Å². The zero-order chi connectivity index (χ0) is 11.0. The van der Waals surface area contributed by atoms with Crippen LogP contribution in [0, 0.1) is 5.92 Å². The molecule has 84 valence electrons. The first-order valence-electron chi connectivity index (χ1n) is 5.12. The van der Waals surface area contributed by atoms with E-state index in [0.29, 0.717) is 11.8 Å². The highest BCUT2D eigenvalue weighted by Gasteiger charge is 2.12. The number of nitrogens with one attached hydrogen (secondary N) is 1. The third-order valence-electron chi connectivity index (χ3n) is 2.25. The van der Waals surface area contributed by atoms with Crippen molar-refractivity contribution in [1.82, 2.24) is 5.32 Å². The number of rotatable bonds is 7. The molecule has 0 aliphatic rings. The molecule has 0 radical (unpaired) electrons. The van der Waals surface area contributed by atoms with Crippen LogP contribution < -0.4 is 11.1 Å². The molecule has 0 aliphatic heterocycles. The van der Waals surface area contributed by atoms with Gasteiger partial charge in [-0.1, -0.05) is 13.8 Å². The van der Waals surface area contributed by atoms with Crippen molar-refractivity contribution in [3.05, 3.63) is 0 Å². The molecule has 4 heteroatoms. The van der Waals surface area contributed by atoms with E-state index >= 15 is 0 Å². The number of carbonyl (C=O) groups excluding carboxylic acids is 1. The predicted octanol–water partition coefficient (Wildman–Crippen LogP) is 1.23. The van der Waals surface area contributed by atoms with E-state index in [0.717, 1.165) is 19.4 Å². The zero-order valence-corrected chi connectivity index (χ0v) is 10.2. The number of nitrogens with two attached hydrogens (primary N) is 1. The summed E-state index contributed by atoms with van der Waals surface area (Å²) in [5, 5.41) is 3.43. The summed E-state index contributed by atoms with van der Waals surface area (Å²) in [4.78, 5) is 11.5. The SMILES string of the molecule is CSC(C)CNC(=O)C(C)CCCN. The molecular weight excluding hydrogens is 196 g/mol. The first-order chi connectivity index (χ1) is 6.61. The van der Waals surface area contributed by atoms with Crippen molar-refractivity contribution in [2.45, 2.75) is 31.9 Å². The molecule has 0 saturated heterocycles. The summed E-state index contributed by atoms with van der Waals surface area (Å²) in [6.45, 7) is 5.48. The number of hydrogen-bond acceptors (Lipinski definition) is 3. The molecular formula is C10H22N2OS. The van der Waals surface area contributed by atoms with Crippen LogP contribution in [0.15, 0.2) is 0 Å². The molecule has 0 rings (SSSR count). The zero-order valence-electron chi connectivity index (χ0n) is 9.38. The first kappa shape index (κ1) is 13.8. The molecule has 0 fully saturated rings. The van der Waals surface area contributed by atoms with E-state index in [1.54, 1.807) is 11.8 Å². The smallest absolute Gasteiger partial charge is 0.222 e. The minimum atomic E-state index is 0.0904. The average molecular weight is 218 g/mol. The molecule has 0 aromatic heterocycles. The summed E-state index contributed by atoms with van der Waals surface area (Å²) in [6.07, 6.45) is 3.86. The fourth-order valence-electron chi connectivity index (χ4n) is 1.06. The standard InChI is InChI=1S/C10H22N2OS/c1-8(5-4-6-11)10(13)12-7-9(2)14-3/h8-9H,4-7,11H2,1-3H3,(H,12,13). The van der Waals surface area contributed by atoms with E-state index in [4.69, 9.17) is 5.73 Å². The molecule has 14 heavy (non-hydrogen) atoms. The molecule has 1 amide bonds. The van der Waals surface area contributed by atoms with Crippen LogP contribution in [0.1, 0.15) is 26.7 Å². The van der Waals surface area contributed by atoms with Gasteiger partial charge in [0.2, 0.25) is 5.91 Å². The Morgan fingerprint density at radius 2 is 2.14 bits per heavy atom. The predicted molar refractivity (Wildman–Crippen MR) is 63.4 cm³/mol. The van der Waals surface area contributed by atoms with Gasteiger partial charge in [0, 0.05) is 17.7 Å². The van der Waals surface area contributed by atoms with Crippen molar-refractivity contribution in [1.29, 1.82) is 0 Å². The Balaban J connectivity index is 3.61. The summed E-state index contributed by atoms with van der Waals surface area (Å²) in [6, 6.07) is 0. The van der Waals surface area contributed by atoms with Gasteiger partial charge in [-0.3, -0.25) is 4.79 Å². The summed E-state index contributed by atoms with van der Waals surface area (Å²) in [5.41, 5.74) is 5.39. The summed E-state index contributed by atoms with van der Waals surface area (Å²) >= 11 is 1.76. The number of hydrogen-bond donors (Lipinski definition) is 2. The van der Waals surface area contributed by atoms with Crippen LogP contribution in [0.5, 0.6) is 0 Å². The molecule has 0 heterocycles. The summed E-state index contributed by atoms with van der Waals surface area (Å²) in [7, 11) is 0. The maximum atomic E-state index is 11.5. The molecule has 0 aromatic rings. The van der Waals surface area contributed by atoms with Crippen molar-refractivity contribution in [2.24, 2.45) is 11.7 Å². The van der Waals surface area contributed by atoms with Crippen LogP contribution in [0.4, 0.5) is 0 Å². The maximum Gasteiger partial charge on any atom is 0.222 e. The molecule has 0 bridgehead atoms. The van der Waals surface area contributed by atoms with Crippen molar-refractivity contribution in [3.8, 4) is 0 Å². The second kappa shape index (κ2) is 8.12. The van der Waals surface area contributed by atoms with Gasteiger partial charge in [0.15, 0.2) is 0 Å². The van der Waals surface area contributed by atoms with Gasteiger partial charge in [0.25, 0.3) is 0 Å². The number of carbonyl (C=O) groups is 1. The first-order valence-corrected chi connectivity index (χ1v) is 6.41. The monoisotopic (exact) mass is 218 g/mol. The van der Waals surface area contributed by atoms with Crippen LogP contribution in [-0.2, 0) is 4.79 Å². The lowest BCUT2D eigenvalue weighted by atomic mass is 10.1. The van der Waals surface area contributed by atoms with Crippen LogP contribution in [-0.4, -0.2) is 30.5 Å². The Kier molecular flexibility index (Phi) is 7.99. The topological polar surface area (TPSA) is 55.1 Å². The lowest BCUT2D eigenvalue weighted by Crippen LogP contribution is -2.33. The highest BCUT2D eigenvalue weighted by atomic mass is 32.2. The molecule has 3 nitrogen and oxygen atoms in total. The maximum absolute atomic E-state index is 11.5. The van der Waals surface area contributed by atoms with Gasteiger partial charge in [-0.05, 0) is 25.6 Å². The third-order valence-corrected chi connectivity index (χ3v) is 3.23. The normalized spacial score (nSPS) is 14.9. The van der Waals surface area contributed by atoms with E-state index in [1.807, 2.05) is 6.92 Å². The lowest BCUT2D eigenvalue weighted by Gasteiger charge is -2.14. The molecule has 2 unspecified atom stereocenters. The van der Waals surface area contributed by atoms with E-state index in [9.17, 15) is 4.79 Å². The Labute approximate surface area is 91.2 Å². The highest BCUT2D eigenvalue weighted by Crippen LogP contribution is 2.06. The van der Waals surface area contributed by atoms with Crippen LogP contribution >= 0.6 is 11.8 Å². The highest BCUT2D eigenvalue weighted by molar-refractivity contribution is 7.99. The third kappa shape index (κ3) is 6.27. The summed E-state index contributed by atoms with van der Waals surface area (Å²) in [5.74, 6) is 0.243. The van der Waals surface area contributed by atoms with Crippen LogP contribution in [0.25, 0.3) is 0 Å². The van der Waals surface area contributed by atoms with Crippen molar-refractivity contribution < 1.29 is 4.79 Å². The molecule has 0 saturated carbocycles. The molecule has 0 aliphatic carbocycles. The fourth-order valence-corrected chi connectivity index (χ4v) is 1.31. The van der Waals surface area contributed by atoms with Gasteiger partial charge >= 0.3 is 0 Å². The fraction of sp³-hybridized carbons (Fsp3) is 0.900. The Morgan fingerprint density at radius 3 is 2.64 bits per heavy atom. The largest absolute Gasteiger partial charge is 0.355 e. The summed E-state index contributed by atoms with van der Waals surface area (Å²) < 4.78 is 0. The Bertz CT molecular complexity index is 164. The van der Waals surface area contributed by atoms with Crippen molar-refractivity contribution >= 4 is 17.7 Å². The molecule has 0 spiro atoms. The second-order valence-corrected chi connectivity index (χ2v) is 4.90. The molecule has 0 aromatic carbocycles. The van der Waals surface area contributed by atoms with Crippen LogP contribution in [0.3, 0.4) is 0 Å². The Hall–Kier alpha value is -0.220. The van der Waals surface area contributed by atoms with Crippen molar-refractivity contribution in [2.75, 3.05) is 19.3 Å². The van der Waals surface area contributed by atoms with Crippen LogP contribution in [0.2, 0.25) is 0 Å². The van der Waals surface area contributed by atoms with Gasteiger partial charge in [0.1, 0.15) is 0 Å². The quantitative estimate of drug-likeness (QED) is 0.676. The minimum Gasteiger partial charge on any atom is -0.355 e. The average Bonchev–Trinajstić information content (AvgIpc) is 2.21.